The predicted molar refractivity (Wildman–Crippen MR) is 106 cm³/mol. The molecule has 0 heterocycles. The maximum absolute atomic E-state index is 14.3. The molecule has 0 radical (unpaired) electrons. The average molecular weight is 350 g/mol. The molecule has 0 amide bonds. The molecule has 26 heavy (non-hydrogen) atoms. The molecule has 3 rings (SSSR count). The fourth-order valence-electron chi connectivity index (χ4n) is 3.85. The second kappa shape index (κ2) is 8.95. The highest BCUT2D eigenvalue weighted by Gasteiger charge is 2.22. The summed E-state index contributed by atoms with van der Waals surface area (Å²) in [5, 5.41) is 0. The SMILES string of the molecule is C=CCOC(c1ccc([C@H]2CC[C@H](C=C)CC2)cc1)c1ccccc1F. The van der Waals surface area contributed by atoms with Gasteiger partial charge >= 0.3 is 0 Å². The van der Waals surface area contributed by atoms with Crippen LogP contribution in [0.15, 0.2) is 73.8 Å². The minimum atomic E-state index is -0.417. The molecule has 1 aliphatic rings. The topological polar surface area (TPSA) is 9.23 Å². The molecule has 1 aliphatic carbocycles. The molecule has 0 saturated heterocycles. The highest BCUT2D eigenvalue weighted by atomic mass is 19.1. The predicted octanol–water partition coefficient (Wildman–Crippen LogP) is 6.58. The van der Waals surface area contributed by atoms with Gasteiger partial charge in [0.25, 0.3) is 0 Å². The first-order valence-corrected chi connectivity index (χ1v) is 9.42. The van der Waals surface area contributed by atoms with Gasteiger partial charge in [-0.15, -0.1) is 13.2 Å². The molecule has 2 aromatic rings. The zero-order chi connectivity index (χ0) is 18.4. The van der Waals surface area contributed by atoms with Gasteiger partial charge in [0, 0.05) is 5.56 Å². The molecule has 0 bridgehead atoms. The molecule has 1 fully saturated rings. The number of rotatable bonds is 7. The van der Waals surface area contributed by atoms with E-state index < -0.39 is 6.10 Å². The summed E-state index contributed by atoms with van der Waals surface area (Å²) in [6, 6.07) is 15.3. The van der Waals surface area contributed by atoms with Gasteiger partial charge < -0.3 is 4.74 Å². The van der Waals surface area contributed by atoms with Crippen LogP contribution in [0.25, 0.3) is 0 Å². The lowest BCUT2D eigenvalue weighted by Crippen LogP contribution is -2.12. The van der Waals surface area contributed by atoms with Crippen LogP contribution in [0.1, 0.15) is 54.4 Å². The van der Waals surface area contributed by atoms with Crippen molar-refractivity contribution in [1.82, 2.24) is 0 Å². The van der Waals surface area contributed by atoms with Crippen molar-refractivity contribution in [3.63, 3.8) is 0 Å². The molecule has 0 aliphatic heterocycles. The van der Waals surface area contributed by atoms with Crippen LogP contribution < -0.4 is 0 Å². The number of hydrogen-bond acceptors (Lipinski definition) is 1. The highest BCUT2D eigenvalue weighted by molar-refractivity contribution is 5.34. The molecule has 1 nitrogen and oxygen atoms in total. The van der Waals surface area contributed by atoms with Crippen molar-refractivity contribution >= 4 is 0 Å². The van der Waals surface area contributed by atoms with E-state index in [9.17, 15) is 4.39 Å². The van der Waals surface area contributed by atoms with Crippen LogP contribution in [-0.4, -0.2) is 6.61 Å². The lowest BCUT2D eigenvalue weighted by Gasteiger charge is -2.27. The van der Waals surface area contributed by atoms with Gasteiger partial charge in [-0.25, -0.2) is 4.39 Å². The number of halogens is 1. The third kappa shape index (κ3) is 4.31. The Morgan fingerprint density at radius 3 is 2.31 bits per heavy atom. The first-order valence-electron chi connectivity index (χ1n) is 9.42. The summed E-state index contributed by atoms with van der Waals surface area (Å²) in [5.74, 6) is 1.04. The van der Waals surface area contributed by atoms with Crippen LogP contribution in [0.3, 0.4) is 0 Å². The minimum absolute atomic E-state index is 0.242. The van der Waals surface area contributed by atoms with Crippen molar-refractivity contribution in [2.24, 2.45) is 5.92 Å². The zero-order valence-electron chi connectivity index (χ0n) is 15.2. The largest absolute Gasteiger partial charge is 0.365 e. The van der Waals surface area contributed by atoms with Gasteiger partial charge in [-0.05, 0) is 54.7 Å². The molecular formula is C24H27FO. The minimum Gasteiger partial charge on any atom is -0.365 e. The van der Waals surface area contributed by atoms with Gasteiger partial charge in [0.2, 0.25) is 0 Å². The Balaban J connectivity index is 1.79. The normalized spacial score (nSPS) is 21.1. The van der Waals surface area contributed by atoms with Crippen molar-refractivity contribution < 1.29 is 9.13 Å². The van der Waals surface area contributed by atoms with Crippen LogP contribution in [0.4, 0.5) is 4.39 Å². The molecule has 1 saturated carbocycles. The molecule has 136 valence electrons. The van der Waals surface area contributed by atoms with Gasteiger partial charge in [0.1, 0.15) is 11.9 Å². The lowest BCUT2D eigenvalue weighted by atomic mass is 9.78. The van der Waals surface area contributed by atoms with Gasteiger partial charge in [-0.1, -0.05) is 54.6 Å². The van der Waals surface area contributed by atoms with Crippen molar-refractivity contribution in [1.29, 1.82) is 0 Å². The third-order valence-corrected chi connectivity index (χ3v) is 5.38. The Labute approximate surface area is 156 Å². The molecule has 0 aromatic heterocycles. The molecule has 0 spiro atoms. The quantitative estimate of drug-likeness (QED) is 0.513. The smallest absolute Gasteiger partial charge is 0.129 e. The van der Waals surface area contributed by atoms with Crippen molar-refractivity contribution in [3.05, 3.63) is 96.3 Å². The van der Waals surface area contributed by atoms with E-state index >= 15 is 0 Å². The van der Waals surface area contributed by atoms with E-state index in [0.717, 1.165) is 5.56 Å². The maximum atomic E-state index is 14.3. The summed E-state index contributed by atoms with van der Waals surface area (Å²) in [6.45, 7) is 8.01. The average Bonchev–Trinajstić information content (AvgIpc) is 2.70. The Morgan fingerprint density at radius 1 is 1.00 bits per heavy atom. The molecule has 0 N–H and O–H groups in total. The summed E-state index contributed by atoms with van der Waals surface area (Å²) in [7, 11) is 0. The summed E-state index contributed by atoms with van der Waals surface area (Å²) in [4.78, 5) is 0. The Hall–Kier alpha value is -2.19. The second-order valence-corrected chi connectivity index (χ2v) is 7.04. The van der Waals surface area contributed by atoms with Crippen LogP contribution in [0.5, 0.6) is 0 Å². The van der Waals surface area contributed by atoms with E-state index in [1.54, 1.807) is 18.2 Å². The molecular weight excluding hydrogens is 323 g/mol. The maximum Gasteiger partial charge on any atom is 0.129 e. The lowest BCUT2D eigenvalue weighted by molar-refractivity contribution is 0.101. The third-order valence-electron chi connectivity index (χ3n) is 5.38. The molecule has 2 heteroatoms. The number of hydrogen-bond donors (Lipinski definition) is 0. The van der Waals surface area contributed by atoms with Gasteiger partial charge in [-0.3, -0.25) is 0 Å². The number of ether oxygens (including phenoxy) is 1. The monoisotopic (exact) mass is 350 g/mol. The van der Waals surface area contributed by atoms with E-state index in [-0.39, 0.29) is 5.82 Å². The van der Waals surface area contributed by atoms with Crippen LogP contribution >= 0.6 is 0 Å². The van der Waals surface area contributed by atoms with Crippen molar-refractivity contribution in [2.45, 2.75) is 37.7 Å². The first kappa shape index (κ1) is 18.6. The van der Waals surface area contributed by atoms with Crippen molar-refractivity contribution in [3.8, 4) is 0 Å². The van der Waals surface area contributed by atoms with Crippen LogP contribution in [-0.2, 0) is 4.74 Å². The summed E-state index contributed by atoms with van der Waals surface area (Å²) >= 11 is 0. The summed E-state index contributed by atoms with van der Waals surface area (Å²) < 4.78 is 20.2. The first-order chi connectivity index (χ1) is 12.7. The van der Waals surface area contributed by atoms with E-state index in [2.05, 4.69) is 43.5 Å². The highest BCUT2D eigenvalue weighted by Crippen LogP contribution is 2.37. The molecule has 1 atom stereocenters. The fourth-order valence-corrected chi connectivity index (χ4v) is 3.85. The van der Waals surface area contributed by atoms with Crippen LogP contribution in [0.2, 0.25) is 0 Å². The van der Waals surface area contributed by atoms with Gasteiger partial charge in [-0.2, -0.15) is 0 Å². The van der Waals surface area contributed by atoms with E-state index in [4.69, 9.17) is 4.74 Å². The summed E-state index contributed by atoms with van der Waals surface area (Å²) in [5.41, 5.74) is 2.90. The standard InChI is InChI=1S/C24H27FO/c1-3-17-26-24(22-7-5-6-8-23(22)25)21-15-13-20(14-16-21)19-11-9-18(4-2)10-12-19/h3-8,13-16,18-19,24H,1-2,9-12,17H2/t18-,19-,24?. The Kier molecular flexibility index (Phi) is 6.40. The summed E-state index contributed by atoms with van der Waals surface area (Å²) in [6.07, 6.45) is 8.22. The van der Waals surface area contributed by atoms with E-state index in [1.165, 1.54) is 37.3 Å². The molecule has 1 unspecified atom stereocenters. The Bertz CT molecular complexity index is 726. The van der Waals surface area contributed by atoms with Gasteiger partial charge in [0.15, 0.2) is 0 Å². The zero-order valence-corrected chi connectivity index (χ0v) is 15.2. The van der Waals surface area contributed by atoms with E-state index in [0.29, 0.717) is 24.0 Å². The molecule has 2 aromatic carbocycles. The number of allylic oxidation sites excluding steroid dienone is 1. The number of benzene rings is 2. The van der Waals surface area contributed by atoms with Crippen molar-refractivity contribution in [2.75, 3.05) is 6.61 Å². The van der Waals surface area contributed by atoms with Gasteiger partial charge in [0.05, 0.1) is 6.61 Å². The van der Waals surface area contributed by atoms with E-state index in [1.807, 2.05) is 6.07 Å². The van der Waals surface area contributed by atoms with Crippen LogP contribution in [0, 0.1) is 11.7 Å². The Morgan fingerprint density at radius 2 is 1.69 bits per heavy atom. The fraction of sp³-hybridized carbons (Fsp3) is 0.333. The second-order valence-electron chi connectivity index (χ2n) is 7.04.